The Morgan fingerprint density at radius 3 is 2.18 bits per heavy atom. The Bertz CT molecular complexity index is 810. The number of aryl methyl sites for hydroxylation is 1. The number of sulfonamides is 1. The first-order valence-corrected chi connectivity index (χ1v) is 10.7. The third-order valence-electron chi connectivity index (χ3n) is 4.88. The highest BCUT2D eigenvalue weighted by Gasteiger charge is 2.48. The number of benzene rings is 1. The molecule has 1 aromatic rings. The molecular weight excluding hydrogens is 393 g/mol. The van der Waals surface area contributed by atoms with Crippen LogP contribution >= 0.6 is 0 Å². The summed E-state index contributed by atoms with van der Waals surface area (Å²) in [5.41, 5.74) is -0.916. The standard InChI is InChI=1S/C19H27F3N2O3S/c1-13-8-9-14(28(26,27)24-10-6-5-7-11-24)12-15(13)16(25)23-17(18(2,3)4)19(20,21)22/h8-9,12,17H,5-7,10-11H2,1-4H3,(H,23,25)/t17-/m1/s1. The van der Waals surface area contributed by atoms with Gasteiger partial charge in [-0.25, -0.2) is 8.42 Å². The topological polar surface area (TPSA) is 66.5 Å². The zero-order valence-corrected chi connectivity index (χ0v) is 17.4. The molecule has 28 heavy (non-hydrogen) atoms. The van der Waals surface area contributed by atoms with E-state index in [9.17, 15) is 26.4 Å². The molecule has 0 bridgehead atoms. The van der Waals surface area contributed by atoms with Crippen LogP contribution in [0.15, 0.2) is 23.1 Å². The van der Waals surface area contributed by atoms with Crippen molar-refractivity contribution in [2.75, 3.05) is 13.1 Å². The molecule has 5 nitrogen and oxygen atoms in total. The van der Waals surface area contributed by atoms with Crippen LogP contribution in [0.1, 0.15) is 56.0 Å². The molecule has 1 atom stereocenters. The summed E-state index contributed by atoms with van der Waals surface area (Å²) >= 11 is 0. The van der Waals surface area contributed by atoms with Gasteiger partial charge in [0, 0.05) is 18.7 Å². The number of carbonyl (C=O) groups excluding carboxylic acids is 1. The van der Waals surface area contributed by atoms with E-state index in [0.29, 0.717) is 18.7 Å². The summed E-state index contributed by atoms with van der Waals surface area (Å²) in [4.78, 5) is 12.5. The fraction of sp³-hybridized carbons (Fsp3) is 0.632. The van der Waals surface area contributed by atoms with Gasteiger partial charge in [-0.2, -0.15) is 17.5 Å². The van der Waals surface area contributed by atoms with E-state index in [2.05, 4.69) is 0 Å². The van der Waals surface area contributed by atoms with Crippen LogP contribution in [0.2, 0.25) is 0 Å². The second kappa shape index (κ2) is 8.02. The summed E-state index contributed by atoms with van der Waals surface area (Å²) in [5.74, 6) is -0.939. The van der Waals surface area contributed by atoms with E-state index < -0.39 is 33.6 Å². The Kier molecular flexibility index (Phi) is 6.50. The molecule has 1 saturated heterocycles. The lowest BCUT2D eigenvalue weighted by molar-refractivity contribution is -0.174. The highest BCUT2D eigenvalue weighted by molar-refractivity contribution is 7.89. The van der Waals surface area contributed by atoms with Crippen molar-refractivity contribution in [2.24, 2.45) is 5.41 Å². The molecule has 2 rings (SSSR count). The van der Waals surface area contributed by atoms with Gasteiger partial charge in [-0.15, -0.1) is 0 Å². The number of alkyl halides is 3. The Hall–Kier alpha value is -1.61. The van der Waals surface area contributed by atoms with E-state index in [1.165, 1.54) is 43.3 Å². The number of hydrogen-bond acceptors (Lipinski definition) is 3. The molecule has 0 aromatic heterocycles. The van der Waals surface area contributed by atoms with Crippen molar-refractivity contribution in [3.05, 3.63) is 29.3 Å². The van der Waals surface area contributed by atoms with E-state index in [1.54, 1.807) is 6.92 Å². The summed E-state index contributed by atoms with van der Waals surface area (Å²) in [5, 5.41) is 2.04. The van der Waals surface area contributed by atoms with E-state index in [0.717, 1.165) is 19.3 Å². The number of nitrogens with zero attached hydrogens (tertiary/aromatic N) is 1. The predicted molar refractivity (Wildman–Crippen MR) is 101 cm³/mol. The number of carbonyl (C=O) groups is 1. The van der Waals surface area contributed by atoms with Crippen LogP contribution in [0.25, 0.3) is 0 Å². The largest absolute Gasteiger partial charge is 0.409 e. The molecule has 1 fully saturated rings. The highest BCUT2D eigenvalue weighted by Crippen LogP contribution is 2.33. The van der Waals surface area contributed by atoms with E-state index in [4.69, 9.17) is 0 Å². The Balaban J connectivity index is 2.35. The lowest BCUT2D eigenvalue weighted by Gasteiger charge is -2.33. The van der Waals surface area contributed by atoms with Crippen molar-refractivity contribution in [1.29, 1.82) is 0 Å². The molecule has 1 N–H and O–H groups in total. The van der Waals surface area contributed by atoms with E-state index >= 15 is 0 Å². The van der Waals surface area contributed by atoms with Gasteiger partial charge in [-0.3, -0.25) is 4.79 Å². The van der Waals surface area contributed by atoms with Gasteiger partial charge >= 0.3 is 6.18 Å². The van der Waals surface area contributed by atoms with Crippen LogP contribution in [-0.4, -0.2) is 43.9 Å². The number of piperidine rings is 1. The van der Waals surface area contributed by atoms with E-state index in [-0.39, 0.29) is 10.5 Å². The fourth-order valence-corrected chi connectivity index (χ4v) is 4.80. The molecule has 1 aromatic carbocycles. The fourth-order valence-electron chi connectivity index (χ4n) is 3.26. The molecule has 0 radical (unpaired) electrons. The summed E-state index contributed by atoms with van der Waals surface area (Å²) in [6.45, 7) is 6.52. The number of halogens is 3. The van der Waals surface area contributed by atoms with Gasteiger partial charge in [0.15, 0.2) is 0 Å². The number of nitrogens with one attached hydrogen (secondary N) is 1. The predicted octanol–water partition coefficient (Wildman–Crippen LogP) is 3.88. The second-order valence-corrected chi connectivity index (χ2v) is 10.2. The molecule has 0 spiro atoms. The monoisotopic (exact) mass is 420 g/mol. The Morgan fingerprint density at radius 2 is 1.68 bits per heavy atom. The summed E-state index contributed by atoms with van der Waals surface area (Å²) in [6.07, 6.45) is -2.15. The number of amides is 1. The zero-order chi connectivity index (χ0) is 21.3. The van der Waals surface area contributed by atoms with Crippen LogP contribution in [0.3, 0.4) is 0 Å². The van der Waals surface area contributed by atoms with Gasteiger partial charge in [0.05, 0.1) is 4.90 Å². The van der Waals surface area contributed by atoms with Gasteiger partial charge in [-0.05, 0) is 42.9 Å². The van der Waals surface area contributed by atoms with Crippen LogP contribution in [0.5, 0.6) is 0 Å². The quantitative estimate of drug-likeness (QED) is 0.804. The third-order valence-corrected chi connectivity index (χ3v) is 6.77. The maximum absolute atomic E-state index is 13.4. The molecule has 0 unspecified atom stereocenters. The molecular formula is C19H27F3N2O3S. The van der Waals surface area contributed by atoms with Crippen LogP contribution in [-0.2, 0) is 10.0 Å². The summed E-state index contributed by atoms with van der Waals surface area (Å²) < 4.78 is 67.2. The normalized spacial score (nSPS) is 18.0. The molecule has 9 heteroatoms. The van der Waals surface area contributed by atoms with Crippen molar-refractivity contribution < 1.29 is 26.4 Å². The maximum Gasteiger partial charge on any atom is 0.409 e. The maximum atomic E-state index is 13.4. The van der Waals surface area contributed by atoms with Crippen molar-refractivity contribution in [3.63, 3.8) is 0 Å². The first-order chi connectivity index (χ1) is 12.7. The number of rotatable bonds is 4. The van der Waals surface area contributed by atoms with Crippen LogP contribution in [0.4, 0.5) is 13.2 Å². The molecule has 1 aliphatic rings. The van der Waals surface area contributed by atoms with Gasteiger partial charge < -0.3 is 5.32 Å². The summed E-state index contributed by atoms with van der Waals surface area (Å²) in [7, 11) is -3.79. The SMILES string of the molecule is Cc1ccc(S(=O)(=O)N2CCCCC2)cc1C(=O)N[C@H](C(C)(C)C)C(F)(F)F. The third kappa shape index (κ3) is 5.05. The van der Waals surface area contributed by atoms with Crippen LogP contribution < -0.4 is 5.32 Å². The average molecular weight is 420 g/mol. The van der Waals surface area contributed by atoms with Crippen LogP contribution in [0, 0.1) is 12.3 Å². The lowest BCUT2D eigenvalue weighted by atomic mass is 9.86. The molecule has 158 valence electrons. The minimum absolute atomic E-state index is 0.0726. The zero-order valence-electron chi connectivity index (χ0n) is 16.6. The minimum Gasteiger partial charge on any atom is -0.340 e. The van der Waals surface area contributed by atoms with Gasteiger partial charge in [-0.1, -0.05) is 33.3 Å². The molecule has 1 aliphatic heterocycles. The minimum atomic E-state index is -4.63. The molecule has 0 aliphatic carbocycles. The highest BCUT2D eigenvalue weighted by atomic mass is 32.2. The van der Waals surface area contributed by atoms with E-state index in [1.807, 2.05) is 5.32 Å². The average Bonchev–Trinajstić information content (AvgIpc) is 2.58. The Labute approximate surface area is 164 Å². The first kappa shape index (κ1) is 22.7. The van der Waals surface area contributed by atoms with Crippen molar-refractivity contribution in [3.8, 4) is 0 Å². The van der Waals surface area contributed by atoms with Gasteiger partial charge in [0.25, 0.3) is 5.91 Å². The summed E-state index contributed by atoms with van der Waals surface area (Å²) in [6, 6.07) is 1.95. The van der Waals surface area contributed by atoms with Crippen molar-refractivity contribution in [2.45, 2.75) is 64.1 Å². The molecule has 0 saturated carbocycles. The van der Waals surface area contributed by atoms with Crippen molar-refractivity contribution >= 4 is 15.9 Å². The lowest BCUT2D eigenvalue weighted by Crippen LogP contribution is -2.53. The second-order valence-electron chi connectivity index (χ2n) is 8.26. The molecule has 1 amide bonds. The van der Waals surface area contributed by atoms with Crippen molar-refractivity contribution in [1.82, 2.24) is 9.62 Å². The number of hydrogen-bond donors (Lipinski definition) is 1. The van der Waals surface area contributed by atoms with Gasteiger partial charge in [0.2, 0.25) is 10.0 Å². The Morgan fingerprint density at radius 1 is 1.11 bits per heavy atom. The van der Waals surface area contributed by atoms with Gasteiger partial charge in [0.1, 0.15) is 6.04 Å². The smallest absolute Gasteiger partial charge is 0.340 e. The molecule has 1 heterocycles. The first-order valence-electron chi connectivity index (χ1n) is 9.23.